The van der Waals surface area contributed by atoms with Crippen LogP contribution in [0.1, 0.15) is 16.7 Å². The second kappa shape index (κ2) is 7.11. The van der Waals surface area contributed by atoms with Crippen molar-refractivity contribution >= 4 is 17.1 Å². The minimum atomic E-state index is -0.355. The Bertz CT molecular complexity index is 783. The molecule has 2 aromatic rings. The number of anilines is 2. The molecule has 0 amide bonds. The fourth-order valence-electron chi connectivity index (χ4n) is 3.20. The molecule has 6 heteroatoms. The minimum Gasteiger partial charge on any atom is -0.392 e. The standard InChI is InChI=1S/C19H23N3O3/c1-14-3-5-17(11-15(14)2)20-7-9-21(10-8-20)19-12-16(13-23)4-6-18(19)22(24)25/h3-6,11-12,23H,7-10,13H2,1-2H3. The van der Waals surface area contributed by atoms with Gasteiger partial charge in [-0.3, -0.25) is 10.1 Å². The maximum Gasteiger partial charge on any atom is 0.292 e. The van der Waals surface area contributed by atoms with E-state index in [9.17, 15) is 15.2 Å². The second-order valence-electron chi connectivity index (χ2n) is 6.48. The number of hydrogen-bond acceptors (Lipinski definition) is 5. The van der Waals surface area contributed by atoms with Crippen LogP contribution in [0.4, 0.5) is 17.1 Å². The van der Waals surface area contributed by atoms with E-state index in [0.717, 1.165) is 13.1 Å². The van der Waals surface area contributed by atoms with Crippen LogP contribution in [0.2, 0.25) is 0 Å². The first kappa shape index (κ1) is 17.2. The molecule has 1 heterocycles. The van der Waals surface area contributed by atoms with Crippen molar-refractivity contribution in [2.45, 2.75) is 20.5 Å². The molecule has 2 aromatic carbocycles. The van der Waals surface area contributed by atoms with Gasteiger partial charge in [-0.1, -0.05) is 6.07 Å². The molecule has 0 aliphatic carbocycles. The van der Waals surface area contributed by atoms with Gasteiger partial charge in [0.05, 0.1) is 11.5 Å². The Balaban J connectivity index is 1.78. The summed E-state index contributed by atoms with van der Waals surface area (Å²) in [6, 6.07) is 11.3. The molecule has 1 saturated heterocycles. The molecule has 0 aromatic heterocycles. The van der Waals surface area contributed by atoms with E-state index in [1.165, 1.54) is 22.9 Å². The predicted molar refractivity (Wildman–Crippen MR) is 99.4 cm³/mol. The molecular weight excluding hydrogens is 318 g/mol. The van der Waals surface area contributed by atoms with E-state index in [1.54, 1.807) is 12.1 Å². The molecule has 0 atom stereocenters. The largest absolute Gasteiger partial charge is 0.392 e. The number of aryl methyl sites for hydroxylation is 2. The van der Waals surface area contributed by atoms with Crippen LogP contribution < -0.4 is 9.80 Å². The maximum absolute atomic E-state index is 11.3. The van der Waals surface area contributed by atoms with Gasteiger partial charge in [-0.05, 0) is 54.8 Å². The van der Waals surface area contributed by atoms with Crippen LogP contribution >= 0.6 is 0 Å². The van der Waals surface area contributed by atoms with E-state index >= 15 is 0 Å². The van der Waals surface area contributed by atoms with E-state index in [4.69, 9.17) is 0 Å². The third kappa shape index (κ3) is 3.58. The Morgan fingerprint density at radius 3 is 2.28 bits per heavy atom. The SMILES string of the molecule is Cc1ccc(N2CCN(c3cc(CO)ccc3[N+](=O)[O-])CC2)cc1C. The van der Waals surface area contributed by atoms with E-state index in [0.29, 0.717) is 24.3 Å². The van der Waals surface area contributed by atoms with E-state index < -0.39 is 0 Å². The van der Waals surface area contributed by atoms with Gasteiger partial charge in [0.25, 0.3) is 5.69 Å². The van der Waals surface area contributed by atoms with Crippen molar-refractivity contribution in [3.8, 4) is 0 Å². The average Bonchev–Trinajstić information content (AvgIpc) is 2.63. The molecule has 1 N–H and O–H groups in total. The summed E-state index contributed by atoms with van der Waals surface area (Å²) in [5, 5.41) is 20.7. The van der Waals surface area contributed by atoms with Crippen molar-refractivity contribution in [2.24, 2.45) is 0 Å². The van der Waals surface area contributed by atoms with Gasteiger partial charge < -0.3 is 14.9 Å². The number of aliphatic hydroxyl groups excluding tert-OH is 1. The number of rotatable bonds is 4. The highest BCUT2D eigenvalue weighted by Crippen LogP contribution is 2.31. The lowest BCUT2D eigenvalue weighted by Gasteiger charge is -2.37. The number of nitrogens with zero attached hydrogens (tertiary/aromatic N) is 3. The van der Waals surface area contributed by atoms with Gasteiger partial charge in [-0.25, -0.2) is 0 Å². The Morgan fingerprint density at radius 2 is 1.68 bits per heavy atom. The second-order valence-corrected chi connectivity index (χ2v) is 6.48. The first-order valence-corrected chi connectivity index (χ1v) is 8.45. The molecule has 0 unspecified atom stereocenters. The van der Waals surface area contributed by atoms with E-state index in [1.807, 2.05) is 4.90 Å². The Labute approximate surface area is 147 Å². The van der Waals surface area contributed by atoms with Gasteiger partial charge in [0.2, 0.25) is 0 Å². The summed E-state index contributed by atoms with van der Waals surface area (Å²) in [5.74, 6) is 0. The lowest BCUT2D eigenvalue weighted by molar-refractivity contribution is -0.384. The van der Waals surface area contributed by atoms with Crippen LogP contribution in [-0.2, 0) is 6.61 Å². The predicted octanol–water partition coefficient (Wildman–Crippen LogP) is 3.03. The lowest BCUT2D eigenvalue weighted by atomic mass is 10.1. The average molecular weight is 341 g/mol. The van der Waals surface area contributed by atoms with Crippen LogP contribution in [0.3, 0.4) is 0 Å². The summed E-state index contributed by atoms with van der Waals surface area (Å²) in [6.07, 6.45) is 0. The van der Waals surface area contributed by atoms with Crippen molar-refractivity contribution < 1.29 is 10.0 Å². The smallest absolute Gasteiger partial charge is 0.292 e. The van der Waals surface area contributed by atoms with Gasteiger partial charge in [0, 0.05) is 37.9 Å². The number of nitro groups is 1. The lowest BCUT2D eigenvalue weighted by Crippen LogP contribution is -2.46. The summed E-state index contributed by atoms with van der Waals surface area (Å²) in [7, 11) is 0. The summed E-state index contributed by atoms with van der Waals surface area (Å²) >= 11 is 0. The number of hydrogen-bond donors (Lipinski definition) is 1. The van der Waals surface area contributed by atoms with Gasteiger partial charge in [0.15, 0.2) is 0 Å². The van der Waals surface area contributed by atoms with Crippen molar-refractivity contribution in [2.75, 3.05) is 36.0 Å². The molecule has 1 aliphatic heterocycles. The number of benzene rings is 2. The number of nitro benzene ring substituents is 1. The summed E-state index contributed by atoms with van der Waals surface area (Å²) in [5.41, 5.74) is 5.12. The highest BCUT2D eigenvalue weighted by atomic mass is 16.6. The third-order valence-electron chi connectivity index (χ3n) is 4.90. The fraction of sp³-hybridized carbons (Fsp3) is 0.368. The first-order valence-electron chi connectivity index (χ1n) is 8.45. The Morgan fingerprint density at radius 1 is 1.00 bits per heavy atom. The molecule has 25 heavy (non-hydrogen) atoms. The van der Waals surface area contributed by atoms with Crippen LogP contribution in [0.25, 0.3) is 0 Å². The van der Waals surface area contributed by atoms with Crippen molar-refractivity contribution in [1.82, 2.24) is 0 Å². The molecule has 6 nitrogen and oxygen atoms in total. The van der Waals surface area contributed by atoms with E-state index in [2.05, 4.69) is 36.9 Å². The Hall–Kier alpha value is -2.60. The number of aliphatic hydroxyl groups is 1. The monoisotopic (exact) mass is 341 g/mol. The topological polar surface area (TPSA) is 69.8 Å². The molecule has 0 radical (unpaired) electrons. The van der Waals surface area contributed by atoms with Crippen LogP contribution in [0.5, 0.6) is 0 Å². The Kier molecular flexibility index (Phi) is 4.90. The van der Waals surface area contributed by atoms with E-state index in [-0.39, 0.29) is 17.2 Å². The first-order chi connectivity index (χ1) is 12.0. The fourth-order valence-corrected chi connectivity index (χ4v) is 3.20. The zero-order valence-electron chi connectivity index (χ0n) is 14.6. The molecular formula is C19H23N3O3. The van der Waals surface area contributed by atoms with Crippen molar-refractivity contribution in [1.29, 1.82) is 0 Å². The zero-order valence-corrected chi connectivity index (χ0v) is 14.6. The van der Waals surface area contributed by atoms with Crippen LogP contribution in [0, 0.1) is 24.0 Å². The quantitative estimate of drug-likeness (QED) is 0.684. The summed E-state index contributed by atoms with van der Waals surface area (Å²) < 4.78 is 0. The minimum absolute atomic E-state index is 0.0943. The van der Waals surface area contributed by atoms with Crippen LogP contribution in [0.15, 0.2) is 36.4 Å². The molecule has 3 rings (SSSR count). The maximum atomic E-state index is 11.3. The summed E-state index contributed by atoms with van der Waals surface area (Å²) in [4.78, 5) is 15.3. The van der Waals surface area contributed by atoms with Crippen molar-refractivity contribution in [3.05, 3.63) is 63.2 Å². The molecule has 0 saturated carbocycles. The summed E-state index contributed by atoms with van der Waals surface area (Å²) in [6.45, 7) is 7.13. The highest BCUT2D eigenvalue weighted by Gasteiger charge is 2.24. The molecule has 1 aliphatic rings. The molecule has 1 fully saturated rings. The van der Waals surface area contributed by atoms with Gasteiger partial charge in [0.1, 0.15) is 5.69 Å². The third-order valence-corrected chi connectivity index (χ3v) is 4.90. The normalized spacial score (nSPS) is 14.7. The zero-order chi connectivity index (χ0) is 18.0. The highest BCUT2D eigenvalue weighted by molar-refractivity contribution is 5.65. The molecule has 0 bridgehead atoms. The van der Waals surface area contributed by atoms with Crippen molar-refractivity contribution in [3.63, 3.8) is 0 Å². The van der Waals surface area contributed by atoms with Gasteiger partial charge in [-0.2, -0.15) is 0 Å². The number of piperazine rings is 1. The van der Waals surface area contributed by atoms with Crippen LogP contribution in [-0.4, -0.2) is 36.2 Å². The van der Waals surface area contributed by atoms with Gasteiger partial charge >= 0.3 is 0 Å². The molecule has 0 spiro atoms. The molecule has 132 valence electrons. The van der Waals surface area contributed by atoms with Gasteiger partial charge in [-0.15, -0.1) is 0 Å².